The minimum Gasteiger partial charge on any atom is -0.0622 e. The fraction of sp³-hybridized carbons (Fsp3) is 0. The molecule has 4 aromatic carbocycles. The number of rotatable bonds is 4. The summed E-state index contributed by atoms with van der Waals surface area (Å²) in [6.45, 7) is 54.0. The van der Waals surface area contributed by atoms with E-state index < -0.39 is 0 Å². The summed E-state index contributed by atoms with van der Waals surface area (Å²) in [6, 6.07) is 42.3. The first-order chi connectivity index (χ1) is 26.8. The summed E-state index contributed by atoms with van der Waals surface area (Å²) in [4.78, 5) is 0. The molecule has 18 heteroatoms. The van der Waals surface area contributed by atoms with Crippen molar-refractivity contribution in [3.63, 3.8) is 0 Å². The first-order valence-corrected chi connectivity index (χ1v) is 13.8. The van der Waals surface area contributed by atoms with Crippen LogP contribution in [0, 0.1) is 104 Å². The Balaban J connectivity index is -0.0000000295. The van der Waals surface area contributed by atoms with Crippen LogP contribution in [0.5, 0.6) is 0 Å². The Labute approximate surface area is 385 Å². The van der Waals surface area contributed by atoms with E-state index >= 15 is 0 Å². The molecule has 298 valence electrons. The van der Waals surface area contributed by atoms with Crippen molar-refractivity contribution in [2.24, 2.45) is 0 Å². The van der Waals surface area contributed by atoms with E-state index in [1.165, 1.54) is 21.2 Å². The van der Waals surface area contributed by atoms with Crippen LogP contribution in [0.4, 0.5) is 0 Å². The summed E-state index contributed by atoms with van der Waals surface area (Å²) in [5.74, 6) is 3.19. The summed E-state index contributed by atoms with van der Waals surface area (Å²) in [5.41, 5.74) is 0. The Hall–Kier alpha value is -4.18. The van der Waals surface area contributed by atoms with Gasteiger partial charge in [0.05, 0.1) is 0 Å². The molecule has 4 rings (SSSR count). The molecule has 0 unspecified atom stereocenters. The van der Waals surface area contributed by atoms with Crippen LogP contribution < -0.4 is 21.2 Å². The van der Waals surface area contributed by atoms with Gasteiger partial charge in [-0.3, -0.25) is 0 Å². The van der Waals surface area contributed by atoms with Gasteiger partial charge in [-0.25, -0.2) is 0 Å². The average molecular weight is 980 g/mol. The monoisotopic (exact) mass is 980 g/mol. The van der Waals surface area contributed by atoms with Crippen LogP contribution in [0.1, 0.15) is 0 Å². The van der Waals surface area contributed by atoms with Gasteiger partial charge in [0.15, 0.2) is 0 Å². The maximum atomic E-state index is 7.50. The van der Waals surface area contributed by atoms with Gasteiger partial charge in [0, 0.05) is 68.3 Å². The third kappa shape index (κ3) is 98.7. The third-order valence-electron chi connectivity index (χ3n) is 3.74. The van der Waals surface area contributed by atoms with Gasteiger partial charge in [-0.15, -0.1) is 0 Å². The zero-order valence-corrected chi connectivity index (χ0v) is 35.3. The summed E-state index contributed by atoms with van der Waals surface area (Å²) < 4.78 is 90.0. The van der Waals surface area contributed by atoms with Gasteiger partial charge >= 0.3 is 136 Å². The zero-order chi connectivity index (χ0) is 45.3. The molecule has 0 aliphatic carbocycles. The molecule has 0 radical (unpaired) electrons. The number of hydrogen-bond donors (Lipinski definition) is 0. The van der Waals surface area contributed by atoms with E-state index in [1.807, 2.05) is 0 Å². The Kier molecular flexibility index (Phi) is 241. The van der Waals surface area contributed by atoms with E-state index in [-0.39, 0.29) is 68.3 Å². The van der Waals surface area contributed by atoms with E-state index in [9.17, 15) is 0 Å². The van der Waals surface area contributed by atoms with Crippen LogP contribution in [-0.4, -0.2) is 0 Å². The normalized spacial score (nSPS) is 5.00. The smallest absolute Gasteiger partial charge is 0 e. The van der Waals surface area contributed by atoms with Crippen molar-refractivity contribution in [3.05, 3.63) is 214 Å². The van der Waals surface area contributed by atoms with Gasteiger partial charge < -0.3 is 24.7 Å². The van der Waals surface area contributed by atoms with E-state index in [0.717, 1.165) is 17.2 Å². The van der Waals surface area contributed by atoms with E-state index in [0.29, 0.717) is 0 Å². The van der Waals surface area contributed by atoms with Crippen molar-refractivity contribution in [1.82, 2.24) is 0 Å². The van der Waals surface area contributed by atoms with Crippen molar-refractivity contribution >= 4 is 38.4 Å². The minimum absolute atomic E-state index is 0. The Morgan fingerprint density at radius 2 is 0.345 bits per heavy atom. The van der Waals surface area contributed by atoms with Gasteiger partial charge in [-0.2, -0.15) is 0 Å². The molecule has 0 fully saturated rings. The molecule has 0 aliphatic heterocycles. The largest absolute Gasteiger partial charge is 0.0622 e. The van der Waals surface area contributed by atoms with Crippen LogP contribution in [0.2, 0.25) is 0 Å². The topological polar surface area (TPSA) is 239 Å². The molecule has 4 aromatic rings. The standard InChI is InChI=1S/2C12H11P.C4.12CO.4Fe/c2*1-3-7-11(8-4-1)13-12-9-5-2-6-10-12;1-3-4-2;12*1-2;;;;/h2*1-10,13H;;;;;;;;;;;;;;;;;/q;;-2;;;;;;;;;;;;;;;;. The molecule has 0 aromatic heterocycles. The predicted octanol–water partition coefficient (Wildman–Crippen LogP) is 4.34. The van der Waals surface area contributed by atoms with Crippen LogP contribution in [-0.2, 0) is 124 Å². The molecular formula is C40H22Fe4O12P2-2. The number of benzene rings is 4. The molecular weight excluding hydrogens is 958 g/mol. The van der Waals surface area contributed by atoms with Crippen molar-refractivity contribution < 1.29 is 124 Å². The van der Waals surface area contributed by atoms with E-state index in [4.69, 9.17) is 68.7 Å². The van der Waals surface area contributed by atoms with Crippen LogP contribution in [0.15, 0.2) is 121 Å². The second-order valence-electron chi connectivity index (χ2n) is 5.96. The van der Waals surface area contributed by atoms with E-state index in [1.54, 1.807) is 11.8 Å². The SMILES string of the molecule is [C-]#CC#[C-].[C-]#[O+].[C-]#[O+].[C-]#[O+].[C-]#[O+].[C-]#[O+].[C-]#[O+].[C-]#[O+].[C-]#[O+].[C-]#[O+].[C-]#[O+].[C-]#[O+].[C-]#[O+].[Fe].[Fe].[Fe].[Fe].c1ccc(Pc2ccccc2)cc1.c1ccc(Pc2ccccc2)cc1. The average Bonchev–Trinajstić information content (AvgIpc) is 3.33. The Morgan fingerprint density at radius 3 is 0.431 bits per heavy atom. The van der Waals surface area contributed by atoms with Crippen molar-refractivity contribution in [3.8, 4) is 11.8 Å². The third-order valence-corrected chi connectivity index (χ3v) is 6.22. The molecule has 0 saturated heterocycles. The molecule has 0 saturated carbocycles. The molecule has 12 nitrogen and oxygen atoms in total. The minimum atomic E-state index is 0. The van der Waals surface area contributed by atoms with Crippen molar-refractivity contribution in [1.29, 1.82) is 0 Å². The fourth-order valence-electron chi connectivity index (χ4n) is 2.42. The molecule has 0 heterocycles. The first kappa shape index (κ1) is 99.6. The second kappa shape index (κ2) is 140. The van der Waals surface area contributed by atoms with Crippen LogP contribution in [0.25, 0.3) is 0 Å². The zero-order valence-electron chi connectivity index (χ0n) is 28.9. The van der Waals surface area contributed by atoms with Crippen LogP contribution in [0.3, 0.4) is 0 Å². The van der Waals surface area contributed by atoms with Gasteiger partial charge in [-0.1, -0.05) is 138 Å². The van der Waals surface area contributed by atoms with Crippen molar-refractivity contribution in [2.45, 2.75) is 0 Å². The molecule has 58 heavy (non-hydrogen) atoms. The molecule has 0 bridgehead atoms. The fourth-order valence-corrected chi connectivity index (χ4v) is 4.52. The number of hydrogen-bond acceptors (Lipinski definition) is 0. The molecule has 0 aliphatic rings. The Bertz CT molecular complexity index is 1330. The van der Waals surface area contributed by atoms with E-state index in [2.05, 4.69) is 201 Å². The quantitative estimate of drug-likeness (QED) is 0.0913. The summed E-state index contributed by atoms with van der Waals surface area (Å²) in [7, 11) is 1.55. The Morgan fingerprint density at radius 1 is 0.241 bits per heavy atom. The molecule has 0 spiro atoms. The van der Waals surface area contributed by atoms with Gasteiger partial charge in [0.1, 0.15) is 0 Å². The van der Waals surface area contributed by atoms with Gasteiger partial charge in [0.2, 0.25) is 0 Å². The maximum Gasteiger partial charge on any atom is 0 e. The van der Waals surface area contributed by atoms with Crippen LogP contribution >= 0.6 is 17.2 Å². The molecule has 0 N–H and O–H groups in total. The first-order valence-electron chi connectivity index (χ1n) is 11.8. The molecule has 0 amide bonds. The summed E-state index contributed by atoms with van der Waals surface area (Å²) in [5, 5.41) is 5.59. The second-order valence-corrected chi connectivity index (χ2v) is 8.77. The van der Waals surface area contributed by atoms with Crippen molar-refractivity contribution in [2.75, 3.05) is 0 Å². The predicted molar refractivity (Wildman–Crippen MR) is 182 cm³/mol. The maximum absolute atomic E-state index is 7.50. The van der Waals surface area contributed by atoms with Gasteiger partial charge in [-0.05, 0) is 21.2 Å². The summed E-state index contributed by atoms with van der Waals surface area (Å²) >= 11 is 0. The molecule has 0 atom stereocenters. The summed E-state index contributed by atoms with van der Waals surface area (Å²) in [6.07, 6.45) is 11.8. The van der Waals surface area contributed by atoms with Gasteiger partial charge in [0.25, 0.3) is 0 Å².